The van der Waals surface area contributed by atoms with E-state index in [9.17, 15) is 0 Å². The minimum atomic E-state index is 0. The molecule has 40 heavy (non-hydrogen) atoms. The number of unbranched alkanes of at least 4 members (excludes halogenated alkanes) is 2. The van der Waals surface area contributed by atoms with Gasteiger partial charge in [-0.25, -0.2) is 9.13 Å². The van der Waals surface area contributed by atoms with Crippen molar-refractivity contribution in [2.45, 2.75) is 39.5 Å². The zero-order valence-corrected chi connectivity index (χ0v) is 25.1. The van der Waals surface area contributed by atoms with Gasteiger partial charge in [0.25, 0.3) is 0 Å². The molecule has 2 heterocycles. The highest BCUT2D eigenvalue weighted by atomic mass is 15.4. The van der Waals surface area contributed by atoms with Gasteiger partial charge in [-0.15, -0.1) is 9.36 Å². The fourth-order valence-corrected chi connectivity index (χ4v) is 4.22. The summed E-state index contributed by atoms with van der Waals surface area (Å²) in [5, 5.41) is 29.3. The van der Waals surface area contributed by atoms with Crippen LogP contribution >= 0.6 is 0 Å². The highest BCUT2D eigenvalue weighted by Gasteiger charge is 2.12. The van der Waals surface area contributed by atoms with Crippen molar-refractivity contribution in [2.75, 3.05) is 11.9 Å². The van der Waals surface area contributed by atoms with Crippen molar-refractivity contribution in [1.82, 2.24) is 19.6 Å². The van der Waals surface area contributed by atoms with Gasteiger partial charge in [0, 0.05) is 22.5 Å². The second-order valence-electron chi connectivity index (χ2n) is 9.58. The third-order valence-corrected chi connectivity index (χ3v) is 6.49. The Morgan fingerprint density at radius 1 is 0.725 bits per heavy atom. The molecule has 0 spiro atoms. The van der Waals surface area contributed by atoms with Crippen molar-refractivity contribution >= 4 is 29.0 Å². The lowest BCUT2D eigenvalue weighted by Crippen LogP contribution is -2.25. The van der Waals surface area contributed by atoms with Gasteiger partial charge in [-0.3, -0.25) is 0 Å². The summed E-state index contributed by atoms with van der Waals surface area (Å²) in [5.74, 6) is 1.39. The molecule has 1 N–H and O–H groups in total. The van der Waals surface area contributed by atoms with Crippen molar-refractivity contribution in [2.24, 2.45) is 48.6 Å². The van der Waals surface area contributed by atoms with Crippen molar-refractivity contribution in [3.8, 4) is 0 Å². The van der Waals surface area contributed by atoms with E-state index in [1.807, 2.05) is 55.5 Å². The Balaban J connectivity index is 0.00000280. The number of azo groups is 2. The maximum absolute atomic E-state index is 4.38. The lowest BCUT2D eigenvalue weighted by molar-refractivity contribution is -0.659. The molecule has 0 atom stereocenters. The van der Waals surface area contributed by atoms with E-state index < -0.39 is 0 Å². The summed E-state index contributed by atoms with van der Waals surface area (Å²) in [6.45, 7) is 5.17. The van der Waals surface area contributed by atoms with Crippen LogP contribution in [0.15, 0.2) is 69.5 Å². The Morgan fingerprint density at radius 2 is 1.27 bits per heavy atom. The monoisotopic (exact) mass is 545 g/mol. The number of anilines is 1. The first-order valence-electron chi connectivity index (χ1n) is 12.8. The molecule has 0 aliphatic carbocycles. The molecule has 0 unspecified atom stereocenters. The molecule has 0 amide bonds. The summed E-state index contributed by atoms with van der Waals surface area (Å²) in [6, 6.07) is 12.4. The highest BCUT2D eigenvalue weighted by molar-refractivity contribution is 5.57. The second-order valence-corrected chi connectivity index (χ2v) is 9.58. The first kappa shape index (κ1) is 31.9. The minimum Gasteiger partial charge on any atom is -0.385 e. The molecule has 0 aliphatic rings. The standard InChI is InChI=1S/C27H36N11.2CH3/c1-20-16-23(31-33-26-35(3)18-29-37(26)5)12-11-22(20)10-8-7-9-15-28-25-14-13-24(17-21(25)2)32-34-27-36(4)19-30-38(27)6;;/h11-14,16-19H,7-10,15H2,1-6H3;2*1H3/q+1;2*-1/p+1. The number of hydrogen-bond acceptors (Lipinski definition) is 7. The number of rotatable bonds is 11. The van der Waals surface area contributed by atoms with Gasteiger partial charge in [0.15, 0.2) is 0 Å². The van der Waals surface area contributed by atoms with E-state index in [1.54, 1.807) is 22.0 Å². The average molecular weight is 546 g/mol. The van der Waals surface area contributed by atoms with Gasteiger partial charge in [-0.2, -0.15) is 0 Å². The van der Waals surface area contributed by atoms with Crippen molar-refractivity contribution in [3.05, 3.63) is 80.6 Å². The maximum Gasteiger partial charge on any atom is 0.403 e. The third-order valence-electron chi connectivity index (χ3n) is 6.49. The van der Waals surface area contributed by atoms with Gasteiger partial charge in [-0.1, -0.05) is 22.7 Å². The van der Waals surface area contributed by atoms with E-state index >= 15 is 0 Å². The Morgan fingerprint density at radius 3 is 1.77 bits per heavy atom. The normalized spacial score (nSPS) is 11.2. The van der Waals surface area contributed by atoms with Crippen LogP contribution in [0, 0.1) is 28.7 Å². The SMILES string of the molecule is Cc1cc(N=Nc2n(C)nc[n+]2C)ccc1CCCCCNc1ccc(N=Nc2n(C)nc[n+]2C)cc1C.[CH3-].[CH3-]. The van der Waals surface area contributed by atoms with Crippen LogP contribution in [0.4, 0.5) is 29.0 Å². The molecule has 0 aliphatic heterocycles. The molecule has 2 aromatic carbocycles. The smallest absolute Gasteiger partial charge is 0.385 e. The Kier molecular flexibility index (Phi) is 11.8. The zero-order valence-electron chi connectivity index (χ0n) is 25.1. The Hall–Kier alpha value is -4.28. The predicted octanol–water partition coefficient (Wildman–Crippen LogP) is 5.98. The van der Waals surface area contributed by atoms with Gasteiger partial charge < -0.3 is 20.2 Å². The number of hydrogen-bond donors (Lipinski definition) is 1. The van der Waals surface area contributed by atoms with Gasteiger partial charge in [0.2, 0.25) is 12.7 Å². The van der Waals surface area contributed by atoms with Gasteiger partial charge >= 0.3 is 11.9 Å². The summed E-state index contributed by atoms with van der Waals surface area (Å²) < 4.78 is 7.07. The molecule has 0 saturated carbocycles. The summed E-state index contributed by atoms with van der Waals surface area (Å²) in [5.41, 5.74) is 6.58. The number of aryl methyl sites for hydroxylation is 7. The number of nitrogens with one attached hydrogen (secondary N) is 1. The van der Waals surface area contributed by atoms with Crippen LogP contribution in [-0.2, 0) is 34.6 Å². The van der Waals surface area contributed by atoms with Crippen molar-refractivity contribution < 1.29 is 9.13 Å². The van der Waals surface area contributed by atoms with Crippen molar-refractivity contribution in [1.29, 1.82) is 0 Å². The molecule has 11 heteroatoms. The van der Waals surface area contributed by atoms with Gasteiger partial charge in [-0.05, 0) is 90.3 Å². The maximum atomic E-state index is 4.38. The predicted molar refractivity (Wildman–Crippen MR) is 158 cm³/mol. The molecule has 11 nitrogen and oxygen atoms in total. The highest BCUT2D eigenvalue weighted by Crippen LogP contribution is 2.24. The minimum absolute atomic E-state index is 0. The molecule has 0 radical (unpaired) electrons. The van der Waals surface area contributed by atoms with Crippen molar-refractivity contribution in [3.63, 3.8) is 0 Å². The van der Waals surface area contributed by atoms with E-state index in [-0.39, 0.29) is 14.9 Å². The fraction of sp³-hybridized carbons (Fsp3) is 0.379. The summed E-state index contributed by atoms with van der Waals surface area (Å²) >= 11 is 0. The molecule has 2 aromatic heterocycles. The summed E-state index contributed by atoms with van der Waals surface area (Å²) in [6.07, 6.45) is 7.92. The summed E-state index contributed by atoms with van der Waals surface area (Å²) in [7, 11) is 7.51. The second kappa shape index (κ2) is 14.8. The van der Waals surface area contributed by atoms with Crippen LogP contribution in [0.3, 0.4) is 0 Å². The molecule has 4 rings (SSSR count). The van der Waals surface area contributed by atoms with Crippen LogP contribution in [0.5, 0.6) is 0 Å². The zero-order chi connectivity index (χ0) is 27.1. The Labute approximate surface area is 238 Å². The molecule has 4 aromatic rings. The third kappa shape index (κ3) is 8.11. The fourth-order valence-electron chi connectivity index (χ4n) is 4.22. The largest absolute Gasteiger partial charge is 0.403 e. The van der Waals surface area contributed by atoms with E-state index in [2.05, 4.69) is 68.0 Å². The van der Waals surface area contributed by atoms with Crippen LogP contribution in [-0.4, -0.2) is 26.1 Å². The average Bonchev–Trinajstić information content (AvgIpc) is 3.39. The van der Waals surface area contributed by atoms with Gasteiger partial charge in [0.05, 0.1) is 39.6 Å². The molecule has 0 fully saturated rings. The van der Waals surface area contributed by atoms with E-state index in [0.717, 1.165) is 54.9 Å². The first-order valence-corrected chi connectivity index (χ1v) is 12.8. The van der Waals surface area contributed by atoms with Crippen LogP contribution in [0.25, 0.3) is 0 Å². The molecule has 0 bridgehead atoms. The number of nitrogens with zero attached hydrogens (tertiary/aromatic N) is 10. The van der Waals surface area contributed by atoms with Crippen LogP contribution < -0.4 is 14.5 Å². The lowest BCUT2D eigenvalue weighted by Gasteiger charge is -2.10. The molecular formula is C29H43N11. The molecule has 0 saturated heterocycles. The van der Waals surface area contributed by atoms with Gasteiger partial charge in [0.1, 0.15) is 0 Å². The van der Waals surface area contributed by atoms with E-state index in [1.165, 1.54) is 11.1 Å². The quantitative estimate of drug-likeness (QED) is 0.109. The number of aromatic nitrogens is 6. The summed E-state index contributed by atoms with van der Waals surface area (Å²) in [4.78, 5) is 0. The van der Waals surface area contributed by atoms with Crippen LogP contribution in [0.2, 0.25) is 0 Å². The lowest BCUT2D eigenvalue weighted by atomic mass is 10.0. The first-order chi connectivity index (χ1) is 18.3. The number of benzene rings is 2. The molecule has 214 valence electrons. The van der Waals surface area contributed by atoms with E-state index in [0.29, 0.717) is 11.9 Å². The topological polar surface area (TPSA) is 105 Å². The van der Waals surface area contributed by atoms with Crippen LogP contribution in [0.1, 0.15) is 36.0 Å². The molecular weight excluding hydrogens is 502 g/mol. The van der Waals surface area contributed by atoms with E-state index in [4.69, 9.17) is 0 Å². The Bertz CT molecular complexity index is 1300.